The zero-order chi connectivity index (χ0) is 19.1. The summed E-state index contributed by atoms with van der Waals surface area (Å²) in [4.78, 5) is 32.4. The van der Waals surface area contributed by atoms with Crippen LogP contribution in [-0.2, 0) is 20.8 Å². The van der Waals surface area contributed by atoms with Crippen LogP contribution in [0.3, 0.4) is 0 Å². The van der Waals surface area contributed by atoms with Crippen molar-refractivity contribution in [1.82, 2.24) is 4.90 Å². The maximum Gasteiger partial charge on any atom is 0.274 e. The van der Waals surface area contributed by atoms with E-state index in [1.165, 1.54) is 4.90 Å². The number of hydrogen-bond acceptors (Lipinski definition) is 5. The van der Waals surface area contributed by atoms with E-state index in [0.29, 0.717) is 25.3 Å². The van der Waals surface area contributed by atoms with E-state index in [1.807, 2.05) is 60.7 Å². The number of amides is 2. The van der Waals surface area contributed by atoms with E-state index in [0.717, 1.165) is 22.4 Å². The molecule has 0 saturated carbocycles. The first-order valence-electron chi connectivity index (χ1n) is 9.28. The van der Waals surface area contributed by atoms with Crippen LogP contribution in [0.2, 0.25) is 0 Å². The topological polar surface area (TPSA) is 68.2 Å². The average Bonchev–Trinajstić information content (AvgIpc) is 3.27. The van der Waals surface area contributed by atoms with E-state index < -0.39 is 12.0 Å². The van der Waals surface area contributed by atoms with Crippen LogP contribution in [0, 0.1) is 5.92 Å². The number of likely N-dealkylation sites (tertiary alicyclic amines) is 1. The Balaban J connectivity index is 1.36. The molecule has 2 aromatic rings. The fraction of sp³-hybridized carbons (Fsp3) is 0.227. The molecule has 6 heteroatoms. The van der Waals surface area contributed by atoms with Gasteiger partial charge >= 0.3 is 0 Å². The Labute approximate surface area is 162 Å². The summed E-state index contributed by atoms with van der Waals surface area (Å²) in [7, 11) is 0. The highest BCUT2D eigenvalue weighted by Crippen LogP contribution is 2.35. The predicted molar refractivity (Wildman–Crippen MR) is 103 cm³/mol. The maximum atomic E-state index is 13.0. The van der Waals surface area contributed by atoms with Crippen molar-refractivity contribution in [1.29, 1.82) is 0 Å². The van der Waals surface area contributed by atoms with Crippen LogP contribution in [0.15, 0.2) is 65.3 Å². The number of fused-ring (bicyclic) bond motifs is 2. The van der Waals surface area contributed by atoms with Crippen molar-refractivity contribution < 1.29 is 19.2 Å². The zero-order valence-corrected chi connectivity index (χ0v) is 15.1. The summed E-state index contributed by atoms with van der Waals surface area (Å²) in [6, 6.07) is 17.5. The van der Waals surface area contributed by atoms with Crippen molar-refractivity contribution in [3.63, 3.8) is 0 Å². The number of hydrogen-bond donors (Lipinski definition) is 0. The molecule has 3 aliphatic heterocycles. The molecule has 6 nitrogen and oxygen atoms in total. The predicted octanol–water partition coefficient (Wildman–Crippen LogP) is 2.44. The largest absolute Gasteiger partial charge is 0.488 e. The van der Waals surface area contributed by atoms with Gasteiger partial charge in [0.1, 0.15) is 24.0 Å². The fourth-order valence-electron chi connectivity index (χ4n) is 3.87. The van der Waals surface area contributed by atoms with Crippen LogP contribution >= 0.6 is 0 Å². The monoisotopic (exact) mass is 374 g/mol. The Morgan fingerprint density at radius 2 is 1.79 bits per heavy atom. The number of carbonyl (C=O) groups is 2. The minimum atomic E-state index is -0.864. The van der Waals surface area contributed by atoms with Gasteiger partial charge in [-0.3, -0.25) is 14.5 Å². The molecule has 0 bridgehead atoms. The van der Waals surface area contributed by atoms with Gasteiger partial charge in [-0.25, -0.2) is 0 Å². The van der Waals surface area contributed by atoms with Gasteiger partial charge in [0.25, 0.3) is 5.91 Å². The van der Waals surface area contributed by atoms with Gasteiger partial charge in [0.15, 0.2) is 0 Å². The molecular weight excluding hydrogens is 356 g/mol. The molecule has 140 valence electrons. The summed E-state index contributed by atoms with van der Waals surface area (Å²) in [6.07, 6.45) is 1.70. The van der Waals surface area contributed by atoms with Gasteiger partial charge in [0.05, 0.1) is 0 Å². The van der Waals surface area contributed by atoms with E-state index in [1.54, 1.807) is 0 Å². The summed E-state index contributed by atoms with van der Waals surface area (Å²) in [5.41, 5.74) is 3.28. The van der Waals surface area contributed by atoms with Gasteiger partial charge in [-0.15, -0.1) is 0 Å². The van der Waals surface area contributed by atoms with Gasteiger partial charge in [-0.2, -0.15) is 0 Å². The van der Waals surface area contributed by atoms with Gasteiger partial charge in [0, 0.05) is 17.7 Å². The smallest absolute Gasteiger partial charge is 0.274 e. The Morgan fingerprint density at radius 1 is 1.00 bits per heavy atom. The molecule has 28 heavy (non-hydrogen) atoms. The molecule has 0 aliphatic carbocycles. The number of oxime groups is 1. The summed E-state index contributed by atoms with van der Waals surface area (Å²) >= 11 is 0. The lowest BCUT2D eigenvalue weighted by molar-refractivity contribution is -0.142. The fourth-order valence-corrected chi connectivity index (χ4v) is 3.87. The second-order valence-electron chi connectivity index (χ2n) is 7.04. The van der Waals surface area contributed by atoms with Crippen molar-refractivity contribution in [2.45, 2.75) is 12.5 Å². The first kappa shape index (κ1) is 16.7. The van der Waals surface area contributed by atoms with E-state index in [9.17, 15) is 9.59 Å². The van der Waals surface area contributed by atoms with E-state index in [-0.39, 0.29) is 11.8 Å². The molecule has 0 spiro atoms. The normalized spacial score (nSPS) is 22.8. The number of carbonyl (C=O) groups excluding carboxylic acids is 2. The molecule has 2 amide bonds. The first-order chi connectivity index (χ1) is 13.7. The lowest BCUT2D eigenvalue weighted by Crippen LogP contribution is -2.35. The average molecular weight is 374 g/mol. The molecular formula is C22H18N2O4. The molecule has 0 aromatic heterocycles. The molecule has 2 atom stereocenters. The van der Waals surface area contributed by atoms with Crippen LogP contribution in [0.5, 0.6) is 5.75 Å². The lowest BCUT2D eigenvalue weighted by atomic mass is 9.92. The van der Waals surface area contributed by atoms with Crippen LogP contribution in [0.1, 0.15) is 11.1 Å². The van der Waals surface area contributed by atoms with Crippen molar-refractivity contribution in [3.05, 3.63) is 71.3 Å². The van der Waals surface area contributed by atoms with Gasteiger partial charge in [0.2, 0.25) is 12.0 Å². The molecule has 5 rings (SSSR count). The van der Waals surface area contributed by atoms with Crippen molar-refractivity contribution in [2.75, 3.05) is 13.2 Å². The minimum absolute atomic E-state index is 0.248. The third-order valence-electron chi connectivity index (χ3n) is 5.33. The third-order valence-corrected chi connectivity index (χ3v) is 5.33. The number of rotatable bonds is 4. The van der Waals surface area contributed by atoms with Crippen LogP contribution in [-0.4, -0.2) is 41.7 Å². The lowest BCUT2D eigenvalue weighted by Gasteiger charge is -2.19. The zero-order valence-electron chi connectivity index (χ0n) is 15.1. The second kappa shape index (κ2) is 6.64. The molecule has 3 aliphatic rings. The Hall–Kier alpha value is -3.41. The standard InChI is InChI=1S/C22H18N2O4/c25-21-18-19(16-12-15-8-4-5-9-17(15)27-13-16)23-28-20(18)22(26)24(21)11-10-14-6-2-1-3-7-14/h1-9,12,18,20H,10-11,13H2. The van der Waals surface area contributed by atoms with Crippen LogP contribution < -0.4 is 4.74 Å². The Morgan fingerprint density at radius 3 is 2.64 bits per heavy atom. The van der Waals surface area contributed by atoms with E-state index in [2.05, 4.69) is 5.16 Å². The highest BCUT2D eigenvalue weighted by atomic mass is 16.7. The summed E-state index contributed by atoms with van der Waals surface area (Å²) in [5.74, 6) is -0.464. The quantitative estimate of drug-likeness (QED) is 0.771. The number of ether oxygens (including phenoxy) is 1. The van der Waals surface area contributed by atoms with Gasteiger partial charge < -0.3 is 9.57 Å². The highest BCUT2D eigenvalue weighted by Gasteiger charge is 2.55. The molecule has 2 aromatic carbocycles. The number of para-hydroxylation sites is 1. The Kier molecular flexibility index (Phi) is 3.97. The van der Waals surface area contributed by atoms with Crippen molar-refractivity contribution in [2.24, 2.45) is 11.1 Å². The SMILES string of the molecule is O=C1C2ON=C(C3=Cc4ccccc4OC3)C2C(=O)N1CCc1ccccc1. The summed E-state index contributed by atoms with van der Waals surface area (Å²) in [6.45, 7) is 0.637. The Bertz CT molecular complexity index is 1010. The maximum absolute atomic E-state index is 13.0. The molecule has 0 radical (unpaired) electrons. The number of imide groups is 1. The van der Waals surface area contributed by atoms with Gasteiger partial charge in [-0.05, 0) is 24.1 Å². The third kappa shape index (κ3) is 2.69. The minimum Gasteiger partial charge on any atom is -0.488 e. The summed E-state index contributed by atoms with van der Waals surface area (Å²) in [5, 5.41) is 4.07. The molecule has 3 heterocycles. The number of nitrogens with zero attached hydrogens (tertiary/aromatic N) is 2. The van der Waals surface area contributed by atoms with Crippen molar-refractivity contribution >= 4 is 23.6 Å². The first-order valence-corrected chi connectivity index (χ1v) is 9.28. The molecule has 2 unspecified atom stereocenters. The van der Waals surface area contributed by atoms with Crippen LogP contribution in [0.4, 0.5) is 0 Å². The van der Waals surface area contributed by atoms with E-state index in [4.69, 9.17) is 9.57 Å². The van der Waals surface area contributed by atoms with Crippen LogP contribution in [0.25, 0.3) is 6.08 Å². The second-order valence-corrected chi connectivity index (χ2v) is 7.04. The summed E-state index contributed by atoms with van der Waals surface area (Å²) < 4.78 is 5.78. The molecule has 1 saturated heterocycles. The molecule has 0 N–H and O–H groups in total. The highest BCUT2D eigenvalue weighted by molar-refractivity contribution is 6.24. The number of benzene rings is 2. The molecule has 1 fully saturated rings. The van der Waals surface area contributed by atoms with E-state index >= 15 is 0 Å². The van der Waals surface area contributed by atoms with Gasteiger partial charge in [-0.1, -0.05) is 53.7 Å². The van der Waals surface area contributed by atoms with Crippen molar-refractivity contribution in [3.8, 4) is 5.75 Å².